The first-order valence-corrected chi connectivity index (χ1v) is 17.4. The van der Waals surface area contributed by atoms with Gasteiger partial charge >= 0.3 is 6.18 Å². The molecule has 1 aliphatic heterocycles. The zero-order valence-electron chi connectivity index (χ0n) is 28.0. The molecule has 3 aromatic heterocycles. The summed E-state index contributed by atoms with van der Waals surface area (Å²) in [6, 6.07) is -1.00. The van der Waals surface area contributed by atoms with Crippen LogP contribution >= 0.6 is 0 Å². The maximum Gasteiger partial charge on any atom is 0.394 e. The number of nitrogens with zero attached hydrogens (tertiary/aromatic N) is 7. The van der Waals surface area contributed by atoms with Crippen LogP contribution in [0.2, 0.25) is 0 Å². The molecular weight excluding hydrogens is 653 g/mol. The smallest absolute Gasteiger partial charge is 0.394 e. The van der Waals surface area contributed by atoms with E-state index >= 15 is 0 Å². The van der Waals surface area contributed by atoms with Crippen LogP contribution in [-0.4, -0.2) is 83.7 Å². The van der Waals surface area contributed by atoms with Gasteiger partial charge in [0.15, 0.2) is 22.6 Å². The molecule has 0 aromatic carbocycles. The van der Waals surface area contributed by atoms with Crippen LogP contribution in [0.1, 0.15) is 85.9 Å². The lowest BCUT2D eigenvalue weighted by Crippen LogP contribution is -2.67. The standard InChI is InChI=1S/C35H39F3N8O4/c1-3-23-29(44-9-10-45(25-8-7-24(25)44)33(50)28-30(48)18(2)40-17-41-28)31(49)27-32(39-15-21(42-27)11-19-5-4-6-19)46(23)16-26(47)43-22-14-34(35(36,37)38)12-20(22)13-34/h11,15,17,20,22,24-25,48H,3-10,12-14,16H2,1-2H3,(H,43,47)/t20?,22?,24-,25-,34?/m1/s1. The van der Waals surface area contributed by atoms with Crippen LogP contribution in [0.3, 0.4) is 0 Å². The van der Waals surface area contributed by atoms with Crippen LogP contribution in [0.5, 0.6) is 5.75 Å². The molecule has 264 valence electrons. The number of rotatable bonds is 7. The lowest BCUT2D eigenvalue weighted by Gasteiger charge is -2.54. The van der Waals surface area contributed by atoms with Crippen molar-refractivity contribution in [3.05, 3.63) is 51.1 Å². The third-order valence-corrected chi connectivity index (χ3v) is 11.8. The second kappa shape index (κ2) is 11.8. The van der Waals surface area contributed by atoms with Crippen molar-refractivity contribution in [2.75, 3.05) is 18.0 Å². The molecule has 1 unspecified atom stereocenters. The largest absolute Gasteiger partial charge is 0.504 e. The van der Waals surface area contributed by atoms with Gasteiger partial charge in [0.05, 0.1) is 29.0 Å². The van der Waals surface area contributed by atoms with Gasteiger partial charge in [0.25, 0.3) is 5.91 Å². The van der Waals surface area contributed by atoms with E-state index in [0.29, 0.717) is 48.6 Å². The minimum Gasteiger partial charge on any atom is -0.504 e. The average molecular weight is 693 g/mol. The fraction of sp³-hybridized carbons (Fsp3) is 0.571. The molecule has 12 nitrogen and oxygen atoms in total. The highest BCUT2D eigenvalue weighted by Gasteiger charge is 2.69. The van der Waals surface area contributed by atoms with E-state index in [-0.39, 0.29) is 78.4 Å². The van der Waals surface area contributed by atoms with E-state index < -0.39 is 29.4 Å². The molecular formula is C35H39F3N8O4. The zero-order chi connectivity index (χ0) is 35.1. The summed E-state index contributed by atoms with van der Waals surface area (Å²) in [5, 5.41) is 13.4. The Morgan fingerprint density at radius 3 is 2.50 bits per heavy atom. The molecule has 4 heterocycles. The van der Waals surface area contributed by atoms with Gasteiger partial charge < -0.3 is 24.8 Å². The normalized spacial score (nSPS) is 26.9. The maximum absolute atomic E-state index is 14.5. The number of nitrogens with one attached hydrogen (secondary N) is 1. The number of fused-ring (bicyclic) bond motifs is 3. The highest BCUT2D eigenvalue weighted by atomic mass is 19.4. The molecule has 2 amide bonds. The lowest BCUT2D eigenvalue weighted by atomic mass is 9.69. The van der Waals surface area contributed by atoms with Crippen LogP contribution in [-0.2, 0) is 17.8 Å². The van der Waals surface area contributed by atoms with Crippen LogP contribution in [0.25, 0.3) is 17.2 Å². The number of carbonyl (C=O) groups is 2. The van der Waals surface area contributed by atoms with Crippen molar-refractivity contribution in [2.24, 2.45) is 11.3 Å². The van der Waals surface area contributed by atoms with Crippen LogP contribution in [0.4, 0.5) is 18.9 Å². The number of aromatic hydroxyl groups is 1. The molecule has 3 atom stereocenters. The molecule has 5 aliphatic carbocycles. The number of hydrogen-bond donors (Lipinski definition) is 2. The van der Waals surface area contributed by atoms with Crippen molar-refractivity contribution in [3.8, 4) is 5.75 Å². The summed E-state index contributed by atoms with van der Waals surface area (Å²) in [4.78, 5) is 62.9. The molecule has 0 radical (unpaired) electrons. The van der Waals surface area contributed by atoms with Crippen molar-refractivity contribution in [1.82, 2.24) is 34.7 Å². The Morgan fingerprint density at radius 2 is 1.86 bits per heavy atom. The topological polar surface area (TPSA) is 146 Å². The van der Waals surface area contributed by atoms with Crippen molar-refractivity contribution >= 4 is 34.7 Å². The van der Waals surface area contributed by atoms with Gasteiger partial charge in [0.2, 0.25) is 11.3 Å². The number of aryl methyl sites for hydroxylation is 1. The molecule has 50 heavy (non-hydrogen) atoms. The molecule has 9 rings (SSSR count). The number of halogens is 3. The minimum atomic E-state index is -4.30. The van der Waals surface area contributed by atoms with E-state index in [2.05, 4.69) is 20.3 Å². The number of amides is 2. The van der Waals surface area contributed by atoms with E-state index in [1.54, 1.807) is 22.6 Å². The number of aromatic nitrogens is 5. The Morgan fingerprint density at radius 1 is 1.10 bits per heavy atom. The second-order valence-corrected chi connectivity index (χ2v) is 14.6. The predicted molar refractivity (Wildman–Crippen MR) is 176 cm³/mol. The Labute approximate surface area is 285 Å². The van der Waals surface area contributed by atoms with Crippen molar-refractivity contribution in [1.29, 1.82) is 0 Å². The van der Waals surface area contributed by atoms with Crippen molar-refractivity contribution in [3.63, 3.8) is 0 Å². The Hall–Kier alpha value is -4.56. The van der Waals surface area contributed by atoms with E-state index in [1.165, 1.54) is 11.9 Å². The van der Waals surface area contributed by atoms with Crippen molar-refractivity contribution < 1.29 is 27.9 Å². The lowest BCUT2D eigenvalue weighted by molar-refractivity contribution is -0.244. The Balaban J connectivity index is 1.14. The van der Waals surface area contributed by atoms with E-state index in [9.17, 15) is 32.7 Å². The number of hydrogen-bond acceptors (Lipinski definition) is 9. The van der Waals surface area contributed by atoms with Crippen LogP contribution < -0.4 is 15.6 Å². The van der Waals surface area contributed by atoms with Crippen LogP contribution in [0.15, 0.2) is 22.9 Å². The minimum absolute atomic E-state index is 0.0317. The first-order chi connectivity index (χ1) is 23.9. The maximum atomic E-state index is 14.5. The summed E-state index contributed by atoms with van der Waals surface area (Å²) in [6.45, 7) is 3.84. The Bertz CT molecular complexity index is 2000. The fourth-order valence-electron chi connectivity index (χ4n) is 8.80. The number of allylic oxidation sites excluding steroid dienone is 1. The van der Waals surface area contributed by atoms with E-state index in [4.69, 9.17) is 4.98 Å². The predicted octanol–water partition coefficient (Wildman–Crippen LogP) is 4.07. The summed E-state index contributed by atoms with van der Waals surface area (Å²) in [7, 11) is 0. The summed E-state index contributed by atoms with van der Waals surface area (Å²) in [5.41, 5.74) is 1.33. The van der Waals surface area contributed by atoms with Gasteiger partial charge in [-0.3, -0.25) is 14.4 Å². The summed E-state index contributed by atoms with van der Waals surface area (Å²) in [5.74, 6) is -1.31. The van der Waals surface area contributed by atoms with Gasteiger partial charge in [-0.25, -0.2) is 19.9 Å². The fourth-order valence-corrected chi connectivity index (χ4v) is 8.80. The zero-order valence-corrected chi connectivity index (χ0v) is 28.0. The molecule has 2 bridgehead atoms. The first kappa shape index (κ1) is 32.6. The van der Waals surface area contributed by atoms with Crippen LogP contribution in [0, 0.1) is 18.3 Å². The molecule has 5 saturated carbocycles. The third-order valence-electron chi connectivity index (χ3n) is 11.8. The molecule has 6 aliphatic rings. The molecule has 15 heteroatoms. The van der Waals surface area contributed by atoms with E-state index in [0.717, 1.165) is 19.3 Å². The number of piperazine rings is 1. The van der Waals surface area contributed by atoms with Gasteiger partial charge in [0, 0.05) is 30.9 Å². The summed E-state index contributed by atoms with van der Waals surface area (Å²) >= 11 is 0. The number of anilines is 1. The van der Waals surface area contributed by atoms with Crippen molar-refractivity contribution in [2.45, 2.75) is 102 Å². The Kier molecular flexibility index (Phi) is 7.68. The first-order valence-electron chi connectivity index (χ1n) is 17.4. The van der Waals surface area contributed by atoms with Gasteiger partial charge in [-0.05, 0) is 76.7 Å². The molecule has 1 saturated heterocycles. The SMILES string of the molecule is CCc1c(N2CCN(C(=O)c3ncnc(C)c3O)[C@@H]3CC[C@H]32)c(=O)c2nc(C=C3CCC3)cnc2n1CC(=O)NC1CC2(C(F)(F)F)CC1C2. The van der Waals surface area contributed by atoms with Gasteiger partial charge in [-0.1, -0.05) is 12.5 Å². The highest BCUT2D eigenvalue weighted by Crippen LogP contribution is 2.66. The summed E-state index contributed by atoms with van der Waals surface area (Å²) < 4.78 is 43.0. The molecule has 2 N–H and O–H groups in total. The molecule has 0 spiro atoms. The number of alkyl halides is 3. The second-order valence-electron chi connectivity index (χ2n) is 14.6. The number of carbonyl (C=O) groups excluding carboxylic acids is 2. The number of pyridine rings is 1. The third kappa shape index (κ3) is 5.05. The molecule has 3 aromatic rings. The average Bonchev–Trinajstić information content (AvgIpc) is 3.57. The quantitative estimate of drug-likeness (QED) is 0.374. The van der Waals surface area contributed by atoms with Gasteiger partial charge in [-0.15, -0.1) is 0 Å². The highest BCUT2D eigenvalue weighted by molar-refractivity contribution is 5.95. The summed E-state index contributed by atoms with van der Waals surface area (Å²) in [6.07, 6.45) is 5.22. The van der Waals surface area contributed by atoms with E-state index in [1.807, 2.05) is 17.9 Å². The van der Waals surface area contributed by atoms with Gasteiger partial charge in [0.1, 0.15) is 18.6 Å². The monoisotopic (exact) mass is 692 g/mol. The van der Waals surface area contributed by atoms with Gasteiger partial charge in [-0.2, -0.15) is 13.2 Å². The molecule has 6 fully saturated rings.